The lowest BCUT2D eigenvalue weighted by molar-refractivity contribution is 0.467. The van der Waals surface area contributed by atoms with Crippen LogP contribution in [0.25, 0.3) is 22.2 Å². The number of H-pyrrole nitrogens is 1. The molecule has 4 heteroatoms. The Morgan fingerprint density at radius 1 is 1.22 bits per heavy atom. The van der Waals surface area contributed by atoms with E-state index in [0.29, 0.717) is 6.54 Å². The smallest absolute Gasteiger partial charge is 0.155 e. The Balaban J connectivity index is 2.22. The van der Waals surface area contributed by atoms with Crippen molar-refractivity contribution in [3.63, 3.8) is 0 Å². The Kier molecular flexibility index (Phi) is 4.18. The van der Waals surface area contributed by atoms with Gasteiger partial charge in [-0.2, -0.15) is 5.10 Å². The molecule has 3 rings (SSSR count). The minimum absolute atomic E-state index is 0.00245. The second kappa shape index (κ2) is 6.13. The molecule has 1 unspecified atom stereocenters. The van der Waals surface area contributed by atoms with Crippen molar-refractivity contribution in [2.75, 3.05) is 6.54 Å². The number of rotatable bonds is 5. The van der Waals surface area contributed by atoms with Gasteiger partial charge in [0.05, 0.1) is 6.20 Å². The highest BCUT2D eigenvalue weighted by atomic mass is 15.1. The highest BCUT2D eigenvalue weighted by molar-refractivity contribution is 5.92. The molecule has 0 aliphatic rings. The Bertz CT molecular complexity index is 815. The van der Waals surface area contributed by atoms with Gasteiger partial charge >= 0.3 is 0 Å². The van der Waals surface area contributed by atoms with Crippen LogP contribution in [0.2, 0.25) is 0 Å². The van der Waals surface area contributed by atoms with Crippen molar-refractivity contribution < 1.29 is 0 Å². The summed E-state index contributed by atoms with van der Waals surface area (Å²) in [4.78, 5) is 4.34. The first kappa shape index (κ1) is 15.7. The second-order valence-corrected chi connectivity index (χ2v) is 6.38. The zero-order valence-electron chi connectivity index (χ0n) is 14.1. The van der Waals surface area contributed by atoms with Crippen LogP contribution < -0.4 is 5.73 Å². The maximum absolute atomic E-state index is 6.08. The molecule has 0 spiro atoms. The normalized spacial score (nSPS) is 14.1. The van der Waals surface area contributed by atoms with Crippen molar-refractivity contribution in [2.45, 2.75) is 39.0 Å². The Hall–Kier alpha value is -2.20. The van der Waals surface area contributed by atoms with Gasteiger partial charge in [-0.15, -0.1) is 0 Å². The number of hydrogen-bond donors (Lipinski definition) is 2. The molecule has 23 heavy (non-hydrogen) atoms. The first-order chi connectivity index (χ1) is 11.1. The van der Waals surface area contributed by atoms with Gasteiger partial charge in [0.2, 0.25) is 0 Å². The van der Waals surface area contributed by atoms with E-state index < -0.39 is 0 Å². The third-order valence-electron chi connectivity index (χ3n) is 4.99. The Morgan fingerprint density at radius 3 is 2.74 bits per heavy atom. The number of nitrogens with zero attached hydrogens (tertiary/aromatic N) is 2. The molecular formula is C19H24N4. The number of benzene rings is 1. The molecule has 0 fully saturated rings. The Morgan fingerprint density at radius 2 is 2.04 bits per heavy atom. The number of aryl methyl sites for hydroxylation is 1. The van der Waals surface area contributed by atoms with Crippen LogP contribution >= 0.6 is 0 Å². The molecule has 2 heterocycles. The number of aromatic amines is 1. The van der Waals surface area contributed by atoms with Crippen molar-refractivity contribution in [2.24, 2.45) is 5.73 Å². The van der Waals surface area contributed by atoms with E-state index in [1.807, 2.05) is 12.4 Å². The number of fused-ring (bicyclic) bond motifs is 1. The molecule has 4 nitrogen and oxygen atoms in total. The average molecular weight is 308 g/mol. The monoisotopic (exact) mass is 308 g/mol. The lowest BCUT2D eigenvalue weighted by atomic mass is 9.78. The predicted molar refractivity (Wildman–Crippen MR) is 95.4 cm³/mol. The van der Waals surface area contributed by atoms with Gasteiger partial charge in [-0.1, -0.05) is 39.0 Å². The predicted octanol–water partition coefficient (Wildman–Crippen LogP) is 3.81. The SMILES string of the molecule is CCc1cc(-c2ccnc3[nH]ncc23)cc(C(C)(CC)CN)c1. The number of hydrogen-bond acceptors (Lipinski definition) is 3. The fourth-order valence-corrected chi connectivity index (χ4v) is 2.97. The lowest BCUT2D eigenvalue weighted by Gasteiger charge is -2.28. The lowest BCUT2D eigenvalue weighted by Crippen LogP contribution is -2.31. The molecular weight excluding hydrogens is 284 g/mol. The van der Waals surface area contributed by atoms with Crippen molar-refractivity contribution in [3.8, 4) is 11.1 Å². The van der Waals surface area contributed by atoms with Crippen LogP contribution in [0.5, 0.6) is 0 Å². The fraction of sp³-hybridized carbons (Fsp3) is 0.368. The molecule has 0 aliphatic heterocycles. The van der Waals surface area contributed by atoms with Crippen molar-refractivity contribution in [3.05, 3.63) is 47.8 Å². The van der Waals surface area contributed by atoms with Gasteiger partial charge in [0, 0.05) is 23.5 Å². The van der Waals surface area contributed by atoms with Crippen LogP contribution in [0.15, 0.2) is 36.7 Å². The van der Waals surface area contributed by atoms with E-state index in [2.05, 4.69) is 60.2 Å². The quantitative estimate of drug-likeness (QED) is 0.753. The Labute approximate surface area is 137 Å². The maximum atomic E-state index is 6.08. The summed E-state index contributed by atoms with van der Waals surface area (Å²) >= 11 is 0. The van der Waals surface area contributed by atoms with Crippen molar-refractivity contribution >= 4 is 11.0 Å². The first-order valence-electron chi connectivity index (χ1n) is 8.24. The van der Waals surface area contributed by atoms with E-state index in [0.717, 1.165) is 29.4 Å². The summed E-state index contributed by atoms with van der Waals surface area (Å²) in [6, 6.07) is 8.89. The third-order valence-corrected chi connectivity index (χ3v) is 4.99. The summed E-state index contributed by atoms with van der Waals surface area (Å²) in [7, 11) is 0. The van der Waals surface area contributed by atoms with Gasteiger partial charge in [0.15, 0.2) is 5.65 Å². The van der Waals surface area contributed by atoms with E-state index in [1.165, 1.54) is 16.7 Å². The van der Waals surface area contributed by atoms with Crippen molar-refractivity contribution in [1.29, 1.82) is 0 Å². The summed E-state index contributed by atoms with van der Waals surface area (Å²) < 4.78 is 0. The summed E-state index contributed by atoms with van der Waals surface area (Å²) in [5, 5.41) is 8.12. The minimum atomic E-state index is 0.00245. The van der Waals surface area contributed by atoms with E-state index >= 15 is 0 Å². The standard InChI is InChI=1S/C19H24N4/c1-4-13-8-14(10-15(9-13)19(3,5-2)12-20)16-6-7-21-18-17(16)11-22-23-18/h6-11H,4-5,12,20H2,1-3H3,(H,21,22,23). The van der Waals surface area contributed by atoms with Gasteiger partial charge in [0.25, 0.3) is 0 Å². The zero-order chi connectivity index (χ0) is 16.4. The molecule has 3 N–H and O–H groups in total. The van der Waals surface area contributed by atoms with E-state index in [-0.39, 0.29) is 5.41 Å². The van der Waals surface area contributed by atoms with Gasteiger partial charge in [-0.25, -0.2) is 4.98 Å². The van der Waals surface area contributed by atoms with E-state index in [9.17, 15) is 0 Å². The zero-order valence-corrected chi connectivity index (χ0v) is 14.1. The van der Waals surface area contributed by atoms with Gasteiger partial charge in [-0.05, 0) is 41.2 Å². The van der Waals surface area contributed by atoms with Gasteiger partial charge < -0.3 is 5.73 Å². The summed E-state index contributed by atoms with van der Waals surface area (Å²) in [6.07, 6.45) is 5.70. The van der Waals surface area contributed by atoms with Crippen LogP contribution in [0.4, 0.5) is 0 Å². The van der Waals surface area contributed by atoms with Crippen LogP contribution in [-0.4, -0.2) is 21.7 Å². The second-order valence-electron chi connectivity index (χ2n) is 6.38. The molecule has 1 aromatic carbocycles. The molecule has 0 saturated heterocycles. The minimum Gasteiger partial charge on any atom is -0.330 e. The molecule has 0 aliphatic carbocycles. The van der Waals surface area contributed by atoms with E-state index in [4.69, 9.17) is 5.73 Å². The molecule has 120 valence electrons. The number of pyridine rings is 1. The molecule has 1 atom stereocenters. The summed E-state index contributed by atoms with van der Waals surface area (Å²) in [5.41, 5.74) is 11.9. The number of nitrogens with one attached hydrogen (secondary N) is 1. The fourth-order valence-electron chi connectivity index (χ4n) is 2.97. The molecule has 0 radical (unpaired) electrons. The van der Waals surface area contributed by atoms with Gasteiger partial charge in [0.1, 0.15) is 0 Å². The molecule has 3 aromatic rings. The summed E-state index contributed by atoms with van der Waals surface area (Å²) in [6.45, 7) is 7.28. The van der Waals surface area contributed by atoms with Crippen LogP contribution in [0.1, 0.15) is 38.3 Å². The average Bonchev–Trinajstić information content (AvgIpc) is 3.09. The highest BCUT2D eigenvalue weighted by Gasteiger charge is 2.24. The van der Waals surface area contributed by atoms with Crippen LogP contribution in [0.3, 0.4) is 0 Å². The molecule has 0 bridgehead atoms. The topological polar surface area (TPSA) is 67.6 Å². The maximum Gasteiger partial charge on any atom is 0.155 e. The third kappa shape index (κ3) is 2.75. The molecule has 0 amide bonds. The van der Waals surface area contributed by atoms with Crippen LogP contribution in [-0.2, 0) is 11.8 Å². The first-order valence-corrected chi connectivity index (χ1v) is 8.24. The van der Waals surface area contributed by atoms with Crippen molar-refractivity contribution in [1.82, 2.24) is 15.2 Å². The number of nitrogens with two attached hydrogens (primary N) is 1. The number of aromatic nitrogens is 3. The highest BCUT2D eigenvalue weighted by Crippen LogP contribution is 2.33. The molecule has 0 saturated carbocycles. The summed E-state index contributed by atoms with van der Waals surface area (Å²) in [5.74, 6) is 0. The largest absolute Gasteiger partial charge is 0.330 e. The van der Waals surface area contributed by atoms with E-state index in [1.54, 1.807) is 0 Å². The van der Waals surface area contributed by atoms with Gasteiger partial charge in [-0.3, -0.25) is 5.10 Å². The van der Waals surface area contributed by atoms with Crippen LogP contribution in [0, 0.1) is 0 Å². The molecule has 2 aromatic heterocycles.